The summed E-state index contributed by atoms with van der Waals surface area (Å²) in [5, 5.41) is 23.3. The van der Waals surface area contributed by atoms with Gasteiger partial charge in [-0.15, -0.1) is 0 Å². The van der Waals surface area contributed by atoms with Crippen molar-refractivity contribution in [2.75, 3.05) is 41.1 Å². The number of aliphatic hydroxyl groups excluding tert-OH is 1. The van der Waals surface area contributed by atoms with E-state index in [0.717, 1.165) is 20.0 Å². The molecule has 3 aromatic rings. The van der Waals surface area contributed by atoms with E-state index < -0.39 is 5.97 Å². The molecule has 7 N–H and O–H groups in total. The normalized spacial score (nSPS) is 12.8. The molecule has 0 radical (unpaired) electrons. The van der Waals surface area contributed by atoms with Crippen LogP contribution >= 0.6 is 0 Å². The molecule has 3 aromatic carbocycles. The van der Waals surface area contributed by atoms with Crippen LogP contribution in [-0.4, -0.2) is 77.6 Å². The Labute approximate surface area is 266 Å². The molecule has 8 nitrogen and oxygen atoms in total. The molecule has 3 aliphatic heterocycles. The number of aryl methyl sites for hydroxylation is 2. The Morgan fingerprint density at radius 2 is 1.16 bits per heavy atom. The summed E-state index contributed by atoms with van der Waals surface area (Å²) in [6, 6.07) is 25.9. The van der Waals surface area contributed by atoms with Crippen molar-refractivity contribution in [1.82, 2.24) is 16.0 Å². The van der Waals surface area contributed by atoms with Gasteiger partial charge in [-0.05, 0) is 45.0 Å². The summed E-state index contributed by atoms with van der Waals surface area (Å²) >= 11 is 0. The van der Waals surface area contributed by atoms with Crippen molar-refractivity contribution in [2.45, 2.75) is 52.6 Å². The first-order valence-corrected chi connectivity index (χ1v) is 15.5. The molecule has 0 fully saturated rings. The van der Waals surface area contributed by atoms with E-state index in [-0.39, 0.29) is 13.3 Å². The third-order valence-electron chi connectivity index (χ3n) is 7.54. The molecule has 0 saturated heterocycles. The van der Waals surface area contributed by atoms with E-state index in [1.807, 2.05) is 0 Å². The van der Waals surface area contributed by atoms with E-state index in [1.165, 1.54) is 36.5 Å². The first-order chi connectivity index (χ1) is 21.2. The molecule has 0 saturated carbocycles. The van der Waals surface area contributed by atoms with Gasteiger partial charge in [-0.2, -0.15) is 0 Å². The topological polar surface area (TPSA) is 129 Å². The molecule has 45 heavy (non-hydrogen) atoms. The Kier molecular flexibility index (Phi) is 22.3. The number of nitrogens with one attached hydrogen (secondary N) is 3. The number of benzene rings is 3. The smallest absolute Gasteiger partial charge is 0.324 e. The standard InChI is InChI=1S/2C9H11B.C8H9BO.C3H7NO2.C2H8N2.C2H7NO.Rf/c2*1-10-7-6-8-4-2-3-5-9(8)10;1-9-8-5-3-2-4-7(8)6-10-9;1-4-2-3(5)6;1-4-2-3;1-3-2-4;/h2*2-5H,6-7H2,1H3;2-5H,6H2,1H3;4H,2H2,1H3,(H,5,6);4H,2-3H2,1H3;3-4H,2H2,1H3;. The van der Waals surface area contributed by atoms with Crippen molar-refractivity contribution in [2.24, 2.45) is 5.73 Å². The van der Waals surface area contributed by atoms with Gasteiger partial charge in [-0.3, -0.25) is 10.1 Å². The van der Waals surface area contributed by atoms with Crippen LogP contribution in [0.15, 0.2) is 72.8 Å². The number of carbonyl (C=O) groups is 1. The maximum atomic E-state index is 9.54. The number of carboxylic acids is 1. The molecule has 6 rings (SSSR count). The molecule has 0 spiro atoms. The van der Waals surface area contributed by atoms with Gasteiger partial charge in [0.2, 0.25) is 0 Å². The van der Waals surface area contributed by atoms with Crippen LogP contribution in [-0.2, 0) is 28.9 Å². The molecule has 0 aromatic heterocycles. The maximum absolute atomic E-state index is 9.54. The molecule has 0 unspecified atom stereocenters. The maximum Gasteiger partial charge on any atom is 0.324 e. The van der Waals surface area contributed by atoms with E-state index >= 15 is 0 Å². The van der Waals surface area contributed by atoms with Crippen LogP contribution in [0.5, 0.6) is 0 Å². The van der Waals surface area contributed by atoms with Gasteiger partial charge in [0, 0.05) is 6.67 Å². The van der Waals surface area contributed by atoms with E-state index in [2.05, 4.69) is 109 Å². The first kappa shape index (κ1) is 41.1. The number of nitrogens with two attached hydrogens (primary N) is 1. The summed E-state index contributed by atoms with van der Waals surface area (Å²) in [6.07, 6.45) is 5.27. The minimum absolute atomic E-state index is 0. The van der Waals surface area contributed by atoms with Crippen LogP contribution in [0, 0.1) is 0 Å². The van der Waals surface area contributed by atoms with E-state index in [0.29, 0.717) is 13.6 Å². The van der Waals surface area contributed by atoms with Gasteiger partial charge in [-0.1, -0.05) is 128 Å². The largest absolute Gasteiger partial charge is 0.480 e. The van der Waals surface area contributed by atoms with Gasteiger partial charge in [0.25, 0.3) is 0 Å². The van der Waals surface area contributed by atoms with Crippen molar-refractivity contribution < 1.29 is 19.7 Å². The van der Waals surface area contributed by atoms with Crippen LogP contribution in [0.4, 0.5) is 0 Å². The van der Waals surface area contributed by atoms with E-state index in [4.69, 9.17) is 20.6 Å². The predicted molar refractivity (Wildman–Crippen MR) is 191 cm³/mol. The Balaban J connectivity index is 0.000000536. The van der Waals surface area contributed by atoms with Gasteiger partial charge in [0.1, 0.15) is 0 Å². The van der Waals surface area contributed by atoms with Crippen molar-refractivity contribution in [3.8, 4) is 0 Å². The quantitative estimate of drug-likeness (QED) is 0.173. The second-order valence-electron chi connectivity index (χ2n) is 10.9. The average Bonchev–Trinajstić information content (AvgIpc) is 3.75. The van der Waals surface area contributed by atoms with Crippen LogP contribution in [0.2, 0.25) is 33.1 Å². The second-order valence-corrected chi connectivity index (χ2v) is 10.9. The number of fused-ring (bicyclic) bond motifs is 3. The van der Waals surface area contributed by atoms with Crippen LogP contribution < -0.4 is 38.1 Å². The summed E-state index contributed by atoms with van der Waals surface area (Å²) in [4.78, 5) is 9.54. The number of rotatable bonds is 4. The summed E-state index contributed by atoms with van der Waals surface area (Å²) in [6.45, 7) is 10.1. The van der Waals surface area contributed by atoms with Crippen molar-refractivity contribution in [3.05, 3.63) is 89.5 Å². The fourth-order valence-electron chi connectivity index (χ4n) is 5.06. The molecule has 0 bridgehead atoms. The van der Waals surface area contributed by atoms with Gasteiger partial charge >= 0.3 is 12.9 Å². The van der Waals surface area contributed by atoms with Crippen molar-refractivity contribution in [3.63, 3.8) is 0 Å². The fourth-order valence-corrected chi connectivity index (χ4v) is 5.06. The zero-order valence-corrected chi connectivity index (χ0v) is 34.7. The van der Waals surface area contributed by atoms with Crippen molar-refractivity contribution >= 4 is 42.7 Å². The van der Waals surface area contributed by atoms with Crippen molar-refractivity contribution in [1.29, 1.82) is 0 Å². The van der Waals surface area contributed by atoms with Gasteiger partial charge < -0.3 is 31.2 Å². The number of hydrogen-bond donors (Lipinski definition) is 6. The number of aliphatic hydroxyl groups is 1. The molecule has 3 heterocycles. The zero-order valence-electron chi connectivity index (χ0n) is 28.3. The summed E-state index contributed by atoms with van der Waals surface area (Å²) < 4.78 is 5.42. The van der Waals surface area contributed by atoms with E-state index in [9.17, 15) is 4.79 Å². The van der Waals surface area contributed by atoms with E-state index in [1.54, 1.807) is 43.2 Å². The minimum atomic E-state index is -0.822. The van der Waals surface area contributed by atoms with Crippen LogP contribution in [0.3, 0.4) is 0 Å². The molecule has 0 aliphatic carbocycles. The Hall–Kier alpha value is -3.92. The summed E-state index contributed by atoms with van der Waals surface area (Å²) in [5.41, 5.74) is 13.9. The number of likely N-dealkylation sites (N-methyl/N-ethyl adjacent to an activating group) is 1. The molecular formula is C33H53B3N4O4Rf. The zero-order chi connectivity index (χ0) is 32.7. The number of carboxylic acid groups (broad SMARTS) is 1. The summed E-state index contributed by atoms with van der Waals surface area (Å²) in [5.74, 6) is -0.822. The molecule has 3 aliphatic rings. The summed E-state index contributed by atoms with van der Waals surface area (Å²) in [7, 11) is 5.08. The number of hydrogen-bond acceptors (Lipinski definition) is 7. The molecular weight excluding hydrogens is 816 g/mol. The Morgan fingerprint density at radius 1 is 0.756 bits per heavy atom. The molecule has 0 amide bonds. The monoisotopic (exact) mass is 870 g/mol. The molecule has 12 heteroatoms. The molecule has 0 atom stereocenters. The number of aliphatic carboxylic acids is 1. The second kappa shape index (κ2) is 24.4. The first-order valence-electron chi connectivity index (χ1n) is 15.5. The van der Waals surface area contributed by atoms with Crippen LogP contribution in [0.25, 0.3) is 0 Å². The average molecular weight is 869 g/mol. The molecule has 240 valence electrons. The van der Waals surface area contributed by atoms with Gasteiger partial charge in [0.15, 0.2) is 13.4 Å². The SMILES string of the molecule is CB1CCc2ccccc21.CB1CCc2ccccc21.CB1OCc2ccccc21.CNCC(=O)O.CNCN.CNCO.[Rf]. The fraction of sp³-hybridized carbons (Fsp3) is 0.424. The third-order valence-corrected chi connectivity index (χ3v) is 7.54. The Bertz CT molecular complexity index is 1080. The third kappa shape index (κ3) is 15.6. The van der Waals surface area contributed by atoms with Crippen LogP contribution in [0.1, 0.15) is 16.7 Å². The van der Waals surface area contributed by atoms with Gasteiger partial charge in [-0.25, -0.2) is 0 Å². The Morgan fingerprint density at radius 3 is 1.47 bits per heavy atom. The predicted octanol–water partition coefficient (Wildman–Crippen LogP) is 1.76. The van der Waals surface area contributed by atoms with Gasteiger partial charge in [0.05, 0.1) is 19.9 Å². The minimum Gasteiger partial charge on any atom is -0.480 e.